The van der Waals surface area contributed by atoms with Crippen LogP contribution in [-0.2, 0) is 6.18 Å². The molecule has 0 aliphatic heterocycles. The van der Waals surface area contributed by atoms with E-state index in [1.807, 2.05) is 0 Å². The van der Waals surface area contributed by atoms with Gasteiger partial charge in [-0.3, -0.25) is 0 Å². The molecule has 8 heteroatoms. The van der Waals surface area contributed by atoms with Crippen molar-refractivity contribution in [1.29, 1.82) is 0 Å². The molecule has 5 nitrogen and oxygen atoms in total. The van der Waals surface area contributed by atoms with E-state index in [1.54, 1.807) is 0 Å². The SMILES string of the molecule is O=[N+]([O-])c1cc(C(F)(F)F)n(C2CCCC2)n1. The van der Waals surface area contributed by atoms with Crippen LogP contribution >= 0.6 is 0 Å². The minimum absolute atomic E-state index is 0.375. The Hall–Kier alpha value is -1.60. The van der Waals surface area contributed by atoms with Gasteiger partial charge >= 0.3 is 12.0 Å². The highest BCUT2D eigenvalue weighted by Crippen LogP contribution is 2.37. The molecule has 1 aromatic rings. The van der Waals surface area contributed by atoms with E-state index in [1.165, 1.54) is 0 Å². The summed E-state index contributed by atoms with van der Waals surface area (Å²) in [5.41, 5.74) is -1.03. The van der Waals surface area contributed by atoms with Crippen LogP contribution in [0.1, 0.15) is 37.4 Å². The number of rotatable bonds is 2. The molecule has 0 saturated heterocycles. The minimum Gasteiger partial charge on any atom is -0.358 e. The molecule has 0 aromatic carbocycles. The summed E-state index contributed by atoms with van der Waals surface area (Å²) in [7, 11) is 0. The third-order valence-corrected chi connectivity index (χ3v) is 2.87. The van der Waals surface area contributed by atoms with Crippen LogP contribution in [0.25, 0.3) is 0 Å². The van der Waals surface area contributed by atoms with Gasteiger partial charge in [0.05, 0.1) is 17.2 Å². The van der Waals surface area contributed by atoms with Crippen molar-refractivity contribution in [3.8, 4) is 0 Å². The molecule has 0 unspecified atom stereocenters. The van der Waals surface area contributed by atoms with E-state index < -0.39 is 22.6 Å². The Bertz CT molecular complexity index is 435. The zero-order valence-electron chi connectivity index (χ0n) is 8.78. The fourth-order valence-electron chi connectivity index (χ4n) is 2.11. The molecule has 0 radical (unpaired) electrons. The van der Waals surface area contributed by atoms with Crippen molar-refractivity contribution >= 4 is 5.82 Å². The van der Waals surface area contributed by atoms with Crippen LogP contribution < -0.4 is 0 Å². The number of nitrogens with zero attached hydrogens (tertiary/aromatic N) is 3. The average Bonchev–Trinajstić information content (AvgIpc) is 2.85. The summed E-state index contributed by atoms with van der Waals surface area (Å²) in [5.74, 6) is -0.746. The highest BCUT2D eigenvalue weighted by molar-refractivity contribution is 5.24. The Kier molecular flexibility index (Phi) is 2.80. The van der Waals surface area contributed by atoms with Crippen LogP contribution in [0.3, 0.4) is 0 Å². The maximum atomic E-state index is 12.7. The van der Waals surface area contributed by atoms with Crippen molar-refractivity contribution in [3.63, 3.8) is 0 Å². The van der Waals surface area contributed by atoms with E-state index in [4.69, 9.17) is 0 Å². The number of hydrogen-bond acceptors (Lipinski definition) is 3. The normalized spacial score (nSPS) is 17.6. The average molecular weight is 249 g/mol. The quantitative estimate of drug-likeness (QED) is 0.598. The molecular formula is C9H10F3N3O2. The maximum Gasteiger partial charge on any atom is 0.435 e. The predicted molar refractivity (Wildman–Crippen MR) is 51.4 cm³/mol. The number of halogens is 3. The van der Waals surface area contributed by atoms with Crippen molar-refractivity contribution in [2.45, 2.75) is 37.9 Å². The second-order valence-corrected chi connectivity index (χ2v) is 4.03. The van der Waals surface area contributed by atoms with Gasteiger partial charge in [0.15, 0.2) is 5.69 Å². The van der Waals surface area contributed by atoms with E-state index in [0.29, 0.717) is 18.9 Å². The van der Waals surface area contributed by atoms with Gasteiger partial charge in [0.25, 0.3) is 0 Å². The molecule has 1 fully saturated rings. The summed E-state index contributed by atoms with van der Waals surface area (Å²) in [6, 6.07) is 0.124. The largest absolute Gasteiger partial charge is 0.435 e. The van der Waals surface area contributed by atoms with Crippen LogP contribution in [0.5, 0.6) is 0 Å². The monoisotopic (exact) mass is 249 g/mol. The fraction of sp³-hybridized carbons (Fsp3) is 0.667. The molecule has 2 rings (SSSR count). The molecule has 1 saturated carbocycles. The smallest absolute Gasteiger partial charge is 0.358 e. The van der Waals surface area contributed by atoms with Crippen LogP contribution in [0.15, 0.2) is 6.07 Å². The minimum atomic E-state index is -4.61. The molecular weight excluding hydrogens is 239 g/mol. The molecule has 1 heterocycles. The first-order chi connectivity index (χ1) is 7.89. The van der Waals surface area contributed by atoms with Gasteiger partial charge in [0, 0.05) is 0 Å². The van der Waals surface area contributed by atoms with Gasteiger partial charge in [-0.2, -0.15) is 17.9 Å². The molecule has 1 aliphatic rings. The lowest BCUT2D eigenvalue weighted by Gasteiger charge is -2.11. The van der Waals surface area contributed by atoms with Gasteiger partial charge in [0.1, 0.15) is 0 Å². The fourth-order valence-corrected chi connectivity index (χ4v) is 2.11. The predicted octanol–water partition coefficient (Wildman–Crippen LogP) is 2.93. The molecule has 0 atom stereocenters. The van der Waals surface area contributed by atoms with Crippen LogP contribution in [0.2, 0.25) is 0 Å². The van der Waals surface area contributed by atoms with E-state index in [0.717, 1.165) is 17.5 Å². The lowest BCUT2D eigenvalue weighted by Crippen LogP contribution is -2.17. The van der Waals surface area contributed by atoms with Gasteiger partial charge in [0.2, 0.25) is 0 Å². The number of hydrogen-bond donors (Lipinski definition) is 0. The third-order valence-electron chi connectivity index (χ3n) is 2.87. The topological polar surface area (TPSA) is 61.0 Å². The first kappa shape index (κ1) is 11.9. The van der Waals surface area contributed by atoms with Gasteiger partial charge in [-0.25, -0.2) is 0 Å². The Balaban J connectivity index is 2.44. The summed E-state index contributed by atoms with van der Waals surface area (Å²) in [6.45, 7) is 0. The number of nitro groups is 1. The molecule has 1 aliphatic carbocycles. The lowest BCUT2D eigenvalue weighted by molar-refractivity contribution is -0.389. The van der Waals surface area contributed by atoms with Crippen molar-refractivity contribution in [1.82, 2.24) is 9.78 Å². The summed E-state index contributed by atoms with van der Waals surface area (Å²) in [5, 5.41) is 13.9. The Morgan fingerprint density at radius 2 is 2.00 bits per heavy atom. The highest BCUT2D eigenvalue weighted by atomic mass is 19.4. The molecule has 0 amide bonds. The highest BCUT2D eigenvalue weighted by Gasteiger charge is 2.41. The van der Waals surface area contributed by atoms with Gasteiger partial charge < -0.3 is 10.1 Å². The lowest BCUT2D eigenvalue weighted by atomic mass is 10.2. The second kappa shape index (κ2) is 4.01. The number of aromatic nitrogens is 2. The van der Waals surface area contributed by atoms with Gasteiger partial charge in [-0.15, -0.1) is 0 Å². The van der Waals surface area contributed by atoms with Crippen LogP contribution in [0, 0.1) is 10.1 Å². The summed E-state index contributed by atoms with van der Waals surface area (Å²) >= 11 is 0. The van der Waals surface area contributed by atoms with Crippen molar-refractivity contribution in [3.05, 3.63) is 21.9 Å². The first-order valence-electron chi connectivity index (χ1n) is 5.20. The van der Waals surface area contributed by atoms with E-state index in [2.05, 4.69) is 5.10 Å². The van der Waals surface area contributed by atoms with Crippen LogP contribution in [-0.4, -0.2) is 14.7 Å². The zero-order chi connectivity index (χ0) is 12.6. The van der Waals surface area contributed by atoms with Crippen molar-refractivity contribution in [2.24, 2.45) is 0 Å². The molecule has 0 bridgehead atoms. The third kappa shape index (κ3) is 2.25. The molecule has 17 heavy (non-hydrogen) atoms. The van der Waals surface area contributed by atoms with Gasteiger partial charge in [-0.1, -0.05) is 12.8 Å². The Labute approximate surface area is 94.4 Å². The zero-order valence-corrected chi connectivity index (χ0v) is 8.78. The van der Waals surface area contributed by atoms with Gasteiger partial charge in [-0.05, 0) is 17.8 Å². The Morgan fingerprint density at radius 3 is 2.47 bits per heavy atom. The molecule has 94 valence electrons. The summed E-state index contributed by atoms with van der Waals surface area (Å²) < 4.78 is 38.9. The first-order valence-corrected chi connectivity index (χ1v) is 5.20. The maximum absolute atomic E-state index is 12.7. The molecule has 1 aromatic heterocycles. The molecule has 0 N–H and O–H groups in total. The molecule has 0 spiro atoms. The van der Waals surface area contributed by atoms with Crippen molar-refractivity contribution in [2.75, 3.05) is 0 Å². The summed E-state index contributed by atoms with van der Waals surface area (Å²) in [6.07, 6.45) is -1.78. The van der Waals surface area contributed by atoms with Crippen molar-refractivity contribution < 1.29 is 18.1 Å². The van der Waals surface area contributed by atoms with E-state index in [9.17, 15) is 23.3 Å². The summed E-state index contributed by atoms with van der Waals surface area (Å²) in [4.78, 5) is 9.57. The second-order valence-electron chi connectivity index (χ2n) is 4.03. The van der Waals surface area contributed by atoms with Crippen LogP contribution in [0.4, 0.5) is 19.0 Å². The Morgan fingerprint density at radius 1 is 1.41 bits per heavy atom. The standard InChI is InChI=1S/C9H10F3N3O2/c10-9(11,12)7-5-8(15(16)17)13-14(7)6-3-1-2-4-6/h5-6H,1-4H2. The number of alkyl halides is 3. The van der Waals surface area contributed by atoms with E-state index >= 15 is 0 Å². The van der Waals surface area contributed by atoms with E-state index in [-0.39, 0.29) is 6.04 Å².